The molecule has 4 N–H and O–H groups in total. The van der Waals surface area contributed by atoms with E-state index in [1.807, 2.05) is 13.8 Å². The molecule has 262 valence electrons. The summed E-state index contributed by atoms with van der Waals surface area (Å²) in [6, 6.07) is 0. The van der Waals surface area contributed by atoms with Gasteiger partial charge in [-0.15, -0.1) is 0 Å². The summed E-state index contributed by atoms with van der Waals surface area (Å²) < 4.78 is 56.4. The van der Waals surface area contributed by atoms with Crippen LogP contribution in [0.25, 0.3) is 0 Å². The van der Waals surface area contributed by atoms with Crippen LogP contribution >= 0.6 is 0 Å². The fourth-order valence-corrected chi connectivity index (χ4v) is 4.46. The summed E-state index contributed by atoms with van der Waals surface area (Å²) in [6.07, 6.45) is 2.78. The second kappa shape index (κ2) is 19.7. The average molecular weight is 649 g/mol. The van der Waals surface area contributed by atoms with E-state index in [4.69, 9.17) is 47.4 Å². The average Bonchev–Trinajstić information content (AvgIpc) is 3.83. The van der Waals surface area contributed by atoms with Gasteiger partial charge < -0.3 is 68.2 Å². The van der Waals surface area contributed by atoms with Gasteiger partial charge in [-0.1, -0.05) is 13.8 Å². The molecule has 45 heavy (non-hydrogen) atoms. The molecule has 0 radical (unpaired) electrons. The van der Waals surface area contributed by atoms with E-state index in [2.05, 4.69) is 10.6 Å². The third kappa shape index (κ3) is 16.1. The summed E-state index contributed by atoms with van der Waals surface area (Å²) in [4.78, 5) is 0. The highest BCUT2D eigenvalue weighted by Crippen LogP contribution is 2.23. The first kappa shape index (κ1) is 36.8. The second-order valence-electron chi connectivity index (χ2n) is 12.4. The van der Waals surface area contributed by atoms with Crippen molar-refractivity contribution in [1.29, 1.82) is 0 Å². The molecule has 14 heteroatoms. The maximum Gasteiger partial charge on any atom is 0.164 e. The van der Waals surface area contributed by atoms with Gasteiger partial charge in [-0.25, -0.2) is 0 Å². The molecule has 0 aromatic carbocycles. The Labute approximate surface area is 267 Å². The standard InChI is InChI=1S/C31H56N2O12/c1-3-30(20-36-12-26-16-40-26,21-37-13-27-17-41-27)44-10-24(34)5-6-32-7-8-33-9-25(35)11-45-31(4-2,22-38-14-28-18-42-28)23-39-15-29-19-43-29/h16,24-25,27-29,32-35H,3-15,17-23H2,1-2H3/t24?,25?,27?,28-,29?,30?,31?/m0/s1. The minimum absolute atomic E-state index is 0.169. The van der Waals surface area contributed by atoms with Crippen molar-refractivity contribution in [2.75, 3.05) is 112 Å². The van der Waals surface area contributed by atoms with Crippen molar-refractivity contribution in [3.05, 3.63) is 12.0 Å². The quantitative estimate of drug-likeness (QED) is 0.0556. The monoisotopic (exact) mass is 648 g/mol. The van der Waals surface area contributed by atoms with Crippen LogP contribution in [0.15, 0.2) is 12.0 Å². The summed E-state index contributed by atoms with van der Waals surface area (Å²) in [6.45, 7) is 12.5. The van der Waals surface area contributed by atoms with Crippen LogP contribution in [-0.4, -0.2) is 164 Å². The molecule has 0 saturated carbocycles. The number of rotatable bonds is 32. The molecule has 0 spiro atoms. The number of epoxide rings is 3. The van der Waals surface area contributed by atoms with Crippen LogP contribution in [0.5, 0.6) is 0 Å². The first-order chi connectivity index (χ1) is 21.9. The lowest BCUT2D eigenvalue weighted by atomic mass is 10.0. The second-order valence-corrected chi connectivity index (χ2v) is 12.4. The number of hydrogen-bond donors (Lipinski definition) is 4. The van der Waals surface area contributed by atoms with Crippen LogP contribution in [0.2, 0.25) is 0 Å². The topological polar surface area (TPSA) is 170 Å². The van der Waals surface area contributed by atoms with E-state index in [9.17, 15) is 10.2 Å². The highest BCUT2D eigenvalue weighted by molar-refractivity contribution is 5.02. The van der Waals surface area contributed by atoms with Crippen molar-refractivity contribution >= 4 is 0 Å². The molecule has 0 bridgehead atoms. The van der Waals surface area contributed by atoms with E-state index in [0.29, 0.717) is 98.3 Å². The van der Waals surface area contributed by atoms with E-state index in [1.54, 1.807) is 6.26 Å². The van der Waals surface area contributed by atoms with Gasteiger partial charge in [0.25, 0.3) is 0 Å². The van der Waals surface area contributed by atoms with Gasteiger partial charge in [-0.05, 0) is 25.8 Å². The lowest BCUT2D eigenvalue weighted by molar-refractivity contribution is -0.153. The summed E-state index contributed by atoms with van der Waals surface area (Å²) in [5, 5.41) is 27.7. The van der Waals surface area contributed by atoms with Crippen molar-refractivity contribution in [2.45, 2.75) is 74.8 Å². The fourth-order valence-electron chi connectivity index (χ4n) is 4.46. The fraction of sp³-hybridized carbons (Fsp3) is 0.935. The molecule has 0 aliphatic carbocycles. The smallest absolute Gasteiger partial charge is 0.164 e. The zero-order valence-electron chi connectivity index (χ0n) is 27.1. The van der Waals surface area contributed by atoms with Gasteiger partial charge in [0.2, 0.25) is 0 Å². The van der Waals surface area contributed by atoms with E-state index >= 15 is 0 Å². The van der Waals surface area contributed by atoms with Crippen molar-refractivity contribution in [3.63, 3.8) is 0 Å². The number of ether oxygens (including phenoxy) is 10. The molecule has 3 fully saturated rings. The van der Waals surface area contributed by atoms with Crippen LogP contribution in [-0.2, 0) is 47.4 Å². The van der Waals surface area contributed by atoms with Crippen molar-refractivity contribution in [1.82, 2.24) is 10.6 Å². The highest BCUT2D eigenvalue weighted by Gasteiger charge is 2.35. The Morgan fingerprint density at radius 3 is 1.67 bits per heavy atom. The third-order valence-electron chi connectivity index (χ3n) is 8.07. The summed E-state index contributed by atoms with van der Waals surface area (Å²) in [5.41, 5.74) is -1.29. The summed E-state index contributed by atoms with van der Waals surface area (Å²) in [5.74, 6) is 0.816. The molecular formula is C31H56N2O12. The normalized spacial score (nSPS) is 25.5. The van der Waals surface area contributed by atoms with E-state index in [0.717, 1.165) is 25.6 Å². The van der Waals surface area contributed by atoms with Crippen LogP contribution in [0, 0.1) is 0 Å². The van der Waals surface area contributed by atoms with Gasteiger partial charge in [0.1, 0.15) is 42.4 Å². The maximum absolute atomic E-state index is 10.6. The minimum Gasteiger partial charge on any atom is -0.460 e. The van der Waals surface area contributed by atoms with E-state index < -0.39 is 23.4 Å². The van der Waals surface area contributed by atoms with E-state index in [-0.39, 0.29) is 31.5 Å². The predicted molar refractivity (Wildman–Crippen MR) is 162 cm³/mol. The van der Waals surface area contributed by atoms with Crippen molar-refractivity contribution in [3.8, 4) is 0 Å². The molecule has 14 nitrogen and oxygen atoms in total. The molecule has 4 aliphatic rings. The maximum atomic E-state index is 10.6. The first-order valence-corrected chi connectivity index (χ1v) is 16.5. The van der Waals surface area contributed by atoms with Gasteiger partial charge in [-0.3, -0.25) is 0 Å². The number of aliphatic hydroxyl groups excluding tert-OH is 2. The molecule has 0 aromatic heterocycles. The summed E-state index contributed by atoms with van der Waals surface area (Å²) >= 11 is 0. The lowest BCUT2D eigenvalue weighted by Gasteiger charge is -2.33. The molecule has 0 aromatic rings. The van der Waals surface area contributed by atoms with Gasteiger partial charge >= 0.3 is 0 Å². The molecule has 4 aliphatic heterocycles. The minimum atomic E-state index is -0.675. The molecule has 0 amide bonds. The van der Waals surface area contributed by atoms with Crippen molar-refractivity contribution in [2.24, 2.45) is 0 Å². The van der Waals surface area contributed by atoms with E-state index in [1.165, 1.54) is 0 Å². The third-order valence-corrected chi connectivity index (χ3v) is 8.07. The van der Waals surface area contributed by atoms with Gasteiger partial charge in [0, 0.05) is 19.6 Å². The highest BCUT2D eigenvalue weighted by atomic mass is 16.6. The zero-order valence-corrected chi connectivity index (χ0v) is 27.1. The first-order valence-electron chi connectivity index (χ1n) is 16.5. The zero-order chi connectivity index (χ0) is 31.8. The lowest BCUT2D eigenvalue weighted by Crippen LogP contribution is -2.46. The molecule has 3 saturated heterocycles. The molecule has 7 atom stereocenters. The number of nitrogens with one attached hydrogen (secondary N) is 2. The Balaban J connectivity index is 1.03. The number of aliphatic hydroxyl groups is 2. The molecule has 4 heterocycles. The predicted octanol–water partition coefficient (Wildman–Crippen LogP) is -0.257. The van der Waals surface area contributed by atoms with Crippen LogP contribution in [0.4, 0.5) is 0 Å². The SMILES string of the molecule is CCC(COCC1=CO1)(COCC1CO1)OCC(O)CCNCCNCC(O)COC(CC)(COCC1CO1)COC[C@H]1CO1. The van der Waals surface area contributed by atoms with Gasteiger partial charge in [0.05, 0.1) is 91.5 Å². The molecule has 6 unspecified atom stereocenters. The van der Waals surface area contributed by atoms with Gasteiger partial charge in [-0.2, -0.15) is 0 Å². The van der Waals surface area contributed by atoms with Crippen LogP contribution < -0.4 is 10.6 Å². The molecule has 4 rings (SSSR count). The Hall–Kier alpha value is -0.980. The van der Waals surface area contributed by atoms with Crippen molar-refractivity contribution < 1.29 is 57.6 Å². The Kier molecular flexibility index (Phi) is 16.2. The number of hydrogen-bond acceptors (Lipinski definition) is 14. The Morgan fingerprint density at radius 1 is 0.733 bits per heavy atom. The summed E-state index contributed by atoms with van der Waals surface area (Å²) in [7, 11) is 0. The molecular weight excluding hydrogens is 592 g/mol. The Bertz CT molecular complexity index is 823. The Morgan fingerprint density at radius 2 is 1.20 bits per heavy atom. The largest absolute Gasteiger partial charge is 0.460 e. The van der Waals surface area contributed by atoms with Crippen LogP contribution in [0.3, 0.4) is 0 Å². The van der Waals surface area contributed by atoms with Crippen LogP contribution in [0.1, 0.15) is 33.1 Å². The van der Waals surface area contributed by atoms with Gasteiger partial charge in [0.15, 0.2) is 5.76 Å².